The molecule has 0 bridgehead atoms. The van der Waals surface area contributed by atoms with E-state index >= 15 is 0 Å². The molecule has 5 nitrogen and oxygen atoms in total. The van der Waals surface area contributed by atoms with Crippen molar-refractivity contribution in [3.8, 4) is 5.75 Å². The molecule has 6 heteroatoms. The number of likely N-dealkylation sites (N-methyl/N-ethyl adjacent to an activating group) is 1. The smallest absolute Gasteiger partial charge is 0.119 e. The van der Waals surface area contributed by atoms with Gasteiger partial charge < -0.3 is 9.84 Å². The lowest BCUT2D eigenvalue weighted by Crippen LogP contribution is -2.33. The Morgan fingerprint density at radius 3 is 2.52 bits per heavy atom. The minimum atomic E-state index is -0.574. The Kier molecular flexibility index (Phi) is 8.13. The van der Waals surface area contributed by atoms with Gasteiger partial charge in [-0.3, -0.25) is 9.58 Å². The number of rotatable bonds is 10. The van der Waals surface area contributed by atoms with Gasteiger partial charge in [0.25, 0.3) is 0 Å². The van der Waals surface area contributed by atoms with Gasteiger partial charge in [0.1, 0.15) is 18.5 Å². The van der Waals surface area contributed by atoms with Crippen LogP contribution in [0.4, 0.5) is 0 Å². The fraction of sp³-hybridized carbons (Fsp3) is 0.400. The van der Waals surface area contributed by atoms with Crippen LogP contribution in [0.25, 0.3) is 0 Å². The monoisotopic (exact) mass is 441 g/mol. The first kappa shape index (κ1) is 23.3. The summed E-state index contributed by atoms with van der Waals surface area (Å²) in [7, 11) is 2.00. The molecule has 0 amide bonds. The average molecular weight is 442 g/mol. The summed E-state index contributed by atoms with van der Waals surface area (Å²) in [6.07, 6.45) is 0.427. The van der Waals surface area contributed by atoms with Crippen LogP contribution in [0, 0.1) is 13.8 Å². The summed E-state index contributed by atoms with van der Waals surface area (Å²) in [5.74, 6) is 0.784. The molecule has 0 fully saturated rings. The first-order valence-corrected chi connectivity index (χ1v) is 11.1. The number of nitrogens with zero attached hydrogens (tertiary/aromatic N) is 3. The molecule has 0 aliphatic carbocycles. The highest BCUT2D eigenvalue weighted by atomic mass is 35.5. The van der Waals surface area contributed by atoms with Crippen LogP contribution < -0.4 is 4.74 Å². The second-order valence-electron chi connectivity index (χ2n) is 8.06. The second kappa shape index (κ2) is 10.8. The lowest BCUT2D eigenvalue weighted by molar-refractivity contribution is 0.0743. The maximum atomic E-state index is 10.4. The van der Waals surface area contributed by atoms with E-state index in [2.05, 4.69) is 30.9 Å². The molecular formula is C25H32ClN3O2. The van der Waals surface area contributed by atoms with E-state index in [1.807, 2.05) is 55.1 Å². The van der Waals surface area contributed by atoms with Crippen molar-refractivity contribution in [2.75, 3.05) is 20.2 Å². The molecule has 0 aliphatic rings. The van der Waals surface area contributed by atoms with Crippen molar-refractivity contribution >= 4 is 11.6 Å². The molecular weight excluding hydrogens is 410 g/mol. The molecule has 0 saturated carbocycles. The van der Waals surface area contributed by atoms with Crippen LogP contribution in [0.5, 0.6) is 5.75 Å². The van der Waals surface area contributed by atoms with E-state index in [0.29, 0.717) is 19.6 Å². The normalized spacial score (nSPS) is 12.4. The Morgan fingerprint density at radius 1 is 1.13 bits per heavy atom. The lowest BCUT2D eigenvalue weighted by atomic mass is 10.1. The molecule has 0 radical (unpaired) electrons. The summed E-state index contributed by atoms with van der Waals surface area (Å²) in [6.45, 7) is 8.37. The number of aromatic nitrogens is 2. The zero-order chi connectivity index (χ0) is 22.4. The van der Waals surface area contributed by atoms with Gasteiger partial charge in [-0.2, -0.15) is 5.10 Å². The summed E-state index contributed by atoms with van der Waals surface area (Å²) in [5.41, 5.74) is 5.62. The molecule has 2 aromatic carbocycles. The van der Waals surface area contributed by atoms with Crippen molar-refractivity contribution in [3.63, 3.8) is 0 Å². The summed E-state index contributed by atoms with van der Waals surface area (Å²) >= 11 is 6.31. The van der Waals surface area contributed by atoms with Crippen molar-refractivity contribution in [3.05, 3.63) is 81.6 Å². The third-order valence-electron chi connectivity index (χ3n) is 5.53. The largest absolute Gasteiger partial charge is 0.491 e. The Morgan fingerprint density at radius 2 is 1.84 bits per heavy atom. The van der Waals surface area contributed by atoms with E-state index in [0.717, 1.165) is 34.1 Å². The summed E-state index contributed by atoms with van der Waals surface area (Å²) in [5, 5.41) is 15.9. The first-order valence-electron chi connectivity index (χ1n) is 10.7. The Balaban J connectivity index is 1.55. The van der Waals surface area contributed by atoms with Gasteiger partial charge in [-0.15, -0.1) is 0 Å². The van der Waals surface area contributed by atoms with E-state index in [-0.39, 0.29) is 6.61 Å². The predicted octanol–water partition coefficient (Wildman–Crippen LogP) is 4.64. The second-order valence-corrected chi connectivity index (χ2v) is 8.46. The van der Waals surface area contributed by atoms with Crippen molar-refractivity contribution in [2.24, 2.45) is 0 Å². The third-order valence-corrected chi connectivity index (χ3v) is 5.90. The van der Waals surface area contributed by atoms with Crippen molar-refractivity contribution in [1.82, 2.24) is 14.7 Å². The van der Waals surface area contributed by atoms with Crippen LogP contribution in [-0.2, 0) is 19.5 Å². The number of hydrogen-bond donors (Lipinski definition) is 1. The minimum absolute atomic E-state index is 0.263. The number of ether oxygens (including phenoxy) is 1. The first-order chi connectivity index (χ1) is 14.9. The van der Waals surface area contributed by atoms with E-state index in [9.17, 15) is 5.11 Å². The summed E-state index contributed by atoms with van der Waals surface area (Å²) in [6, 6.07) is 15.9. The molecule has 1 atom stereocenters. The SMILES string of the molecule is CCc1ccc(OCC(O)CN(C)Cc2c(C)nn(Cc3ccccc3Cl)c2C)cc1. The Hall–Kier alpha value is -2.34. The van der Waals surface area contributed by atoms with E-state index in [4.69, 9.17) is 21.4 Å². The quantitative estimate of drug-likeness (QED) is 0.498. The van der Waals surface area contributed by atoms with Crippen LogP contribution in [0.3, 0.4) is 0 Å². The van der Waals surface area contributed by atoms with Crippen LogP contribution in [0.1, 0.15) is 35.0 Å². The molecule has 1 aromatic heterocycles. The number of halogens is 1. The van der Waals surface area contributed by atoms with Crippen LogP contribution in [-0.4, -0.2) is 46.1 Å². The molecule has 3 rings (SSSR count). The lowest BCUT2D eigenvalue weighted by Gasteiger charge is -2.21. The predicted molar refractivity (Wildman–Crippen MR) is 126 cm³/mol. The Bertz CT molecular complexity index is 985. The molecule has 3 aromatic rings. The fourth-order valence-corrected chi connectivity index (χ4v) is 3.86. The van der Waals surface area contributed by atoms with Crippen LogP contribution >= 0.6 is 11.6 Å². The van der Waals surface area contributed by atoms with Gasteiger partial charge in [0.2, 0.25) is 0 Å². The Labute approximate surface area is 190 Å². The summed E-state index contributed by atoms with van der Waals surface area (Å²) < 4.78 is 7.74. The molecule has 1 unspecified atom stereocenters. The van der Waals surface area contributed by atoms with Crippen molar-refractivity contribution in [1.29, 1.82) is 0 Å². The third kappa shape index (κ3) is 6.33. The topological polar surface area (TPSA) is 50.5 Å². The van der Waals surface area contributed by atoms with E-state index in [1.54, 1.807) is 0 Å². The minimum Gasteiger partial charge on any atom is -0.491 e. The molecule has 1 heterocycles. The standard InChI is InChI=1S/C25H32ClN3O2/c1-5-20-10-12-23(13-11-20)31-17-22(30)15-28(4)16-24-18(2)27-29(19(24)3)14-21-8-6-7-9-25(21)26/h6-13,22,30H,5,14-17H2,1-4H3. The zero-order valence-electron chi connectivity index (χ0n) is 18.8. The average Bonchev–Trinajstić information content (AvgIpc) is 3.01. The number of aryl methyl sites for hydroxylation is 2. The molecule has 31 heavy (non-hydrogen) atoms. The number of aliphatic hydroxyl groups is 1. The zero-order valence-corrected chi connectivity index (χ0v) is 19.6. The van der Waals surface area contributed by atoms with Gasteiger partial charge in [0.15, 0.2) is 0 Å². The van der Waals surface area contributed by atoms with E-state index in [1.165, 1.54) is 11.1 Å². The van der Waals surface area contributed by atoms with Gasteiger partial charge >= 0.3 is 0 Å². The number of aliphatic hydroxyl groups excluding tert-OH is 1. The van der Waals surface area contributed by atoms with Crippen molar-refractivity contribution < 1.29 is 9.84 Å². The molecule has 0 spiro atoms. The number of benzene rings is 2. The summed E-state index contributed by atoms with van der Waals surface area (Å²) in [4.78, 5) is 2.10. The highest BCUT2D eigenvalue weighted by Crippen LogP contribution is 2.20. The molecule has 0 aliphatic heterocycles. The highest BCUT2D eigenvalue weighted by Gasteiger charge is 2.16. The van der Waals surface area contributed by atoms with Gasteiger partial charge in [-0.05, 0) is 56.6 Å². The molecule has 1 N–H and O–H groups in total. The van der Waals surface area contributed by atoms with Gasteiger partial charge in [-0.25, -0.2) is 0 Å². The maximum absolute atomic E-state index is 10.4. The maximum Gasteiger partial charge on any atom is 0.119 e. The fourth-order valence-electron chi connectivity index (χ4n) is 3.67. The van der Waals surface area contributed by atoms with Gasteiger partial charge in [0, 0.05) is 29.4 Å². The van der Waals surface area contributed by atoms with Crippen LogP contribution in [0.15, 0.2) is 48.5 Å². The number of hydrogen-bond acceptors (Lipinski definition) is 4. The van der Waals surface area contributed by atoms with Gasteiger partial charge in [-0.1, -0.05) is 48.9 Å². The van der Waals surface area contributed by atoms with E-state index < -0.39 is 6.10 Å². The molecule has 0 saturated heterocycles. The van der Waals surface area contributed by atoms with Crippen LogP contribution in [0.2, 0.25) is 5.02 Å². The highest BCUT2D eigenvalue weighted by molar-refractivity contribution is 6.31. The van der Waals surface area contributed by atoms with Crippen molar-refractivity contribution in [2.45, 2.75) is 46.4 Å². The van der Waals surface area contributed by atoms with Gasteiger partial charge in [0.05, 0.1) is 12.2 Å². The molecule has 166 valence electrons.